The van der Waals surface area contributed by atoms with Crippen LogP contribution in [0.3, 0.4) is 0 Å². The minimum Gasteiger partial charge on any atom is -0.354 e. The summed E-state index contributed by atoms with van der Waals surface area (Å²) in [5.74, 6) is 0.0256. The average Bonchev–Trinajstić information content (AvgIpc) is 2.66. The van der Waals surface area contributed by atoms with E-state index in [2.05, 4.69) is 17.2 Å². The van der Waals surface area contributed by atoms with E-state index in [-0.39, 0.29) is 23.9 Å². The Morgan fingerprint density at radius 3 is 2.48 bits per heavy atom. The molecule has 0 spiro atoms. The van der Waals surface area contributed by atoms with Crippen LogP contribution in [0.4, 0.5) is 0 Å². The van der Waals surface area contributed by atoms with Crippen molar-refractivity contribution < 1.29 is 4.79 Å². The summed E-state index contributed by atoms with van der Waals surface area (Å²) in [4.78, 5) is 29.5. The van der Waals surface area contributed by atoms with Gasteiger partial charge in [-0.15, -0.1) is 0 Å². The molecule has 1 aromatic heterocycles. The Kier molecular flexibility index (Phi) is 5.40. The SMILES string of the molecule is Cc1cc2nc(C)c(=O)n(CC(=O)NCC(C)c3ccccc3)c2cc1C. The van der Waals surface area contributed by atoms with Gasteiger partial charge in [-0.2, -0.15) is 0 Å². The third kappa shape index (κ3) is 4.08. The number of aryl methyl sites for hydroxylation is 3. The number of nitrogens with one attached hydrogen (secondary N) is 1. The van der Waals surface area contributed by atoms with Crippen molar-refractivity contribution in [3.8, 4) is 0 Å². The number of nitrogens with zero attached hydrogens (tertiary/aromatic N) is 2. The second kappa shape index (κ2) is 7.74. The maximum atomic E-state index is 12.6. The molecule has 0 saturated heterocycles. The van der Waals surface area contributed by atoms with Crippen LogP contribution in [0.25, 0.3) is 11.0 Å². The number of hydrogen-bond donors (Lipinski definition) is 1. The summed E-state index contributed by atoms with van der Waals surface area (Å²) in [6.45, 7) is 8.27. The molecule has 1 atom stereocenters. The van der Waals surface area contributed by atoms with Crippen molar-refractivity contribution in [2.75, 3.05) is 6.54 Å². The Hall–Kier alpha value is -2.95. The zero-order valence-corrected chi connectivity index (χ0v) is 16.2. The topological polar surface area (TPSA) is 64.0 Å². The van der Waals surface area contributed by atoms with Crippen LogP contribution in [0, 0.1) is 20.8 Å². The standard InChI is InChI=1S/C22H25N3O2/c1-14-10-19-20(11-15(14)2)25(22(27)17(4)24-19)13-21(26)23-12-16(3)18-8-6-5-7-9-18/h5-11,16H,12-13H2,1-4H3,(H,23,26). The molecule has 140 valence electrons. The molecule has 0 saturated carbocycles. The van der Waals surface area contributed by atoms with Crippen LogP contribution < -0.4 is 10.9 Å². The minimum absolute atomic E-state index is 0.0112. The van der Waals surface area contributed by atoms with E-state index in [9.17, 15) is 9.59 Å². The van der Waals surface area contributed by atoms with Crippen molar-refractivity contribution in [2.24, 2.45) is 0 Å². The molecule has 2 aromatic carbocycles. The minimum atomic E-state index is -0.225. The van der Waals surface area contributed by atoms with E-state index in [0.29, 0.717) is 17.8 Å². The van der Waals surface area contributed by atoms with E-state index in [4.69, 9.17) is 0 Å². The summed E-state index contributed by atoms with van der Waals surface area (Å²) in [5.41, 5.74) is 4.96. The van der Waals surface area contributed by atoms with Crippen LogP contribution in [-0.4, -0.2) is 22.0 Å². The van der Waals surface area contributed by atoms with Gasteiger partial charge in [0.25, 0.3) is 5.56 Å². The fraction of sp³-hybridized carbons (Fsp3) is 0.318. The first kappa shape index (κ1) is 18.8. The van der Waals surface area contributed by atoms with Crippen LogP contribution in [0.5, 0.6) is 0 Å². The molecule has 3 aromatic rings. The number of aromatic nitrogens is 2. The fourth-order valence-corrected chi connectivity index (χ4v) is 3.15. The van der Waals surface area contributed by atoms with Crippen LogP contribution in [0.15, 0.2) is 47.3 Å². The lowest BCUT2D eigenvalue weighted by Gasteiger charge is -2.15. The molecule has 1 heterocycles. The number of fused-ring (bicyclic) bond motifs is 1. The highest BCUT2D eigenvalue weighted by Crippen LogP contribution is 2.17. The highest BCUT2D eigenvalue weighted by Gasteiger charge is 2.14. The summed E-state index contributed by atoms with van der Waals surface area (Å²) in [6.07, 6.45) is 0. The van der Waals surface area contributed by atoms with Crippen molar-refractivity contribution in [1.29, 1.82) is 0 Å². The Morgan fingerprint density at radius 2 is 1.78 bits per heavy atom. The Morgan fingerprint density at radius 1 is 1.11 bits per heavy atom. The molecule has 0 aliphatic rings. The van der Waals surface area contributed by atoms with E-state index in [1.54, 1.807) is 6.92 Å². The molecular weight excluding hydrogens is 338 g/mol. The number of hydrogen-bond acceptors (Lipinski definition) is 3. The van der Waals surface area contributed by atoms with Gasteiger partial charge in [0, 0.05) is 6.54 Å². The third-order valence-corrected chi connectivity index (χ3v) is 5.00. The molecule has 0 fully saturated rings. The zero-order chi connectivity index (χ0) is 19.6. The molecule has 0 bridgehead atoms. The molecule has 0 aliphatic heterocycles. The van der Waals surface area contributed by atoms with Gasteiger partial charge in [0.2, 0.25) is 5.91 Å². The van der Waals surface area contributed by atoms with Crippen LogP contribution >= 0.6 is 0 Å². The molecule has 5 heteroatoms. The van der Waals surface area contributed by atoms with E-state index in [0.717, 1.165) is 16.6 Å². The number of carbonyl (C=O) groups is 1. The summed E-state index contributed by atoms with van der Waals surface area (Å²) >= 11 is 0. The average molecular weight is 363 g/mol. The lowest BCUT2D eigenvalue weighted by molar-refractivity contribution is -0.121. The van der Waals surface area contributed by atoms with E-state index >= 15 is 0 Å². The van der Waals surface area contributed by atoms with Crippen LogP contribution in [0.1, 0.15) is 35.2 Å². The molecule has 5 nitrogen and oxygen atoms in total. The summed E-state index contributed by atoms with van der Waals surface area (Å²) in [5, 5.41) is 2.95. The van der Waals surface area contributed by atoms with E-state index < -0.39 is 0 Å². The highest BCUT2D eigenvalue weighted by molar-refractivity contribution is 5.81. The van der Waals surface area contributed by atoms with Gasteiger partial charge in [-0.3, -0.25) is 14.2 Å². The van der Waals surface area contributed by atoms with Gasteiger partial charge in [-0.1, -0.05) is 37.3 Å². The van der Waals surface area contributed by atoms with Gasteiger partial charge in [-0.05, 0) is 55.5 Å². The number of benzene rings is 2. The molecule has 0 radical (unpaired) electrons. The normalized spacial score (nSPS) is 12.1. The first-order valence-corrected chi connectivity index (χ1v) is 9.17. The lowest BCUT2D eigenvalue weighted by atomic mass is 10.0. The van der Waals surface area contributed by atoms with Gasteiger partial charge in [0.15, 0.2) is 0 Å². The largest absolute Gasteiger partial charge is 0.354 e. The maximum absolute atomic E-state index is 12.6. The second-order valence-corrected chi connectivity index (χ2v) is 7.13. The van der Waals surface area contributed by atoms with Crippen molar-refractivity contribution in [2.45, 2.75) is 40.2 Å². The summed E-state index contributed by atoms with van der Waals surface area (Å²) < 4.78 is 1.52. The molecule has 27 heavy (non-hydrogen) atoms. The summed E-state index contributed by atoms with van der Waals surface area (Å²) in [6, 6.07) is 13.9. The van der Waals surface area contributed by atoms with Crippen molar-refractivity contribution in [3.63, 3.8) is 0 Å². The van der Waals surface area contributed by atoms with E-state index in [1.165, 1.54) is 10.1 Å². The molecule has 3 rings (SSSR count). The predicted molar refractivity (Wildman–Crippen MR) is 108 cm³/mol. The third-order valence-electron chi connectivity index (χ3n) is 5.00. The molecule has 1 amide bonds. The lowest BCUT2D eigenvalue weighted by Crippen LogP contribution is -2.35. The summed E-state index contributed by atoms with van der Waals surface area (Å²) in [7, 11) is 0. The predicted octanol–water partition coefficient (Wildman–Crippen LogP) is 3.24. The second-order valence-electron chi connectivity index (χ2n) is 7.13. The monoisotopic (exact) mass is 363 g/mol. The van der Waals surface area contributed by atoms with E-state index in [1.807, 2.05) is 56.3 Å². The van der Waals surface area contributed by atoms with Crippen molar-refractivity contribution in [3.05, 3.63) is 75.2 Å². The number of rotatable bonds is 5. The highest BCUT2D eigenvalue weighted by atomic mass is 16.2. The van der Waals surface area contributed by atoms with Gasteiger partial charge >= 0.3 is 0 Å². The first-order valence-electron chi connectivity index (χ1n) is 9.17. The number of amides is 1. The smallest absolute Gasteiger partial charge is 0.272 e. The molecule has 1 unspecified atom stereocenters. The molecule has 1 N–H and O–H groups in total. The van der Waals surface area contributed by atoms with Gasteiger partial charge < -0.3 is 5.32 Å². The fourth-order valence-electron chi connectivity index (χ4n) is 3.15. The van der Waals surface area contributed by atoms with Gasteiger partial charge in [0.05, 0.1) is 11.0 Å². The Bertz CT molecular complexity index is 1040. The van der Waals surface area contributed by atoms with Crippen molar-refractivity contribution in [1.82, 2.24) is 14.9 Å². The van der Waals surface area contributed by atoms with Gasteiger partial charge in [-0.25, -0.2) is 4.98 Å². The zero-order valence-electron chi connectivity index (χ0n) is 16.2. The molecule has 0 aliphatic carbocycles. The van der Waals surface area contributed by atoms with Crippen LogP contribution in [-0.2, 0) is 11.3 Å². The first-order chi connectivity index (χ1) is 12.9. The van der Waals surface area contributed by atoms with Gasteiger partial charge in [0.1, 0.15) is 12.2 Å². The Balaban J connectivity index is 1.81. The van der Waals surface area contributed by atoms with Crippen LogP contribution in [0.2, 0.25) is 0 Å². The maximum Gasteiger partial charge on any atom is 0.272 e. The quantitative estimate of drug-likeness (QED) is 0.757. The number of carbonyl (C=O) groups excluding carboxylic acids is 1. The Labute approximate surface area is 159 Å². The van der Waals surface area contributed by atoms with Crippen molar-refractivity contribution >= 4 is 16.9 Å². The molecular formula is C22H25N3O2.